The molecule has 0 aromatic heterocycles. The molecule has 118 valence electrons. The van der Waals surface area contributed by atoms with Gasteiger partial charge < -0.3 is 11.1 Å². The van der Waals surface area contributed by atoms with Crippen LogP contribution < -0.4 is 11.1 Å². The van der Waals surface area contributed by atoms with Crippen LogP contribution >= 0.6 is 12.4 Å². The van der Waals surface area contributed by atoms with E-state index < -0.39 is 0 Å². The monoisotopic (exact) mass is 303 g/mol. The minimum Gasteiger partial charge on any atom is -0.352 e. The summed E-state index contributed by atoms with van der Waals surface area (Å²) in [6, 6.07) is 0.616. The predicted octanol–water partition coefficient (Wildman–Crippen LogP) is 1.77. The molecule has 1 aliphatic carbocycles. The second-order valence-corrected chi connectivity index (χ2v) is 6.58. The van der Waals surface area contributed by atoms with Gasteiger partial charge in [-0.2, -0.15) is 0 Å². The summed E-state index contributed by atoms with van der Waals surface area (Å²) >= 11 is 0. The lowest BCUT2D eigenvalue weighted by molar-refractivity contribution is -0.124. The fraction of sp³-hybridized carbons (Fsp3) is 0.933. The van der Waals surface area contributed by atoms with Crippen molar-refractivity contribution in [1.82, 2.24) is 10.2 Å². The quantitative estimate of drug-likeness (QED) is 0.835. The third-order valence-electron chi connectivity index (χ3n) is 4.96. The van der Waals surface area contributed by atoms with Gasteiger partial charge in [0.2, 0.25) is 5.91 Å². The highest BCUT2D eigenvalue weighted by Gasteiger charge is 2.28. The molecule has 1 saturated heterocycles. The summed E-state index contributed by atoms with van der Waals surface area (Å²) in [5.41, 5.74) is 5.95. The van der Waals surface area contributed by atoms with Crippen LogP contribution in [-0.4, -0.2) is 42.5 Å². The molecule has 0 spiro atoms. The molecule has 0 aromatic carbocycles. The Balaban J connectivity index is 0.00000200. The molecule has 20 heavy (non-hydrogen) atoms. The maximum atomic E-state index is 12.1. The minimum absolute atomic E-state index is 0. The van der Waals surface area contributed by atoms with Crippen molar-refractivity contribution < 1.29 is 4.79 Å². The molecule has 2 aliphatic rings. The van der Waals surface area contributed by atoms with E-state index in [4.69, 9.17) is 5.73 Å². The lowest BCUT2D eigenvalue weighted by Gasteiger charge is -2.36. The van der Waals surface area contributed by atoms with Crippen molar-refractivity contribution in [2.24, 2.45) is 17.6 Å². The smallest absolute Gasteiger partial charge is 0.234 e. The summed E-state index contributed by atoms with van der Waals surface area (Å²) in [7, 11) is 0. The molecule has 4 atom stereocenters. The summed E-state index contributed by atoms with van der Waals surface area (Å²) < 4.78 is 0. The fourth-order valence-corrected chi connectivity index (χ4v) is 3.48. The van der Waals surface area contributed by atoms with Crippen molar-refractivity contribution in [3.63, 3.8) is 0 Å². The third-order valence-corrected chi connectivity index (χ3v) is 4.96. The number of hydrogen-bond donors (Lipinski definition) is 2. The fourth-order valence-electron chi connectivity index (χ4n) is 3.48. The first-order valence-corrected chi connectivity index (χ1v) is 7.83. The van der Waals surface area contributed by atoms with E-state index in [1.165, 1.54) is 12.8 Å². The van der Waals surface area contributed by atoms with Crippen LogP contribution in [-0.2, 0) is 4.79 Å². The largest absolute Gasteiger partial charge is 0.352 e. The van der Waals surface area contributed by atoms with E-state index in [9.17, 15) is 4.79 Å². The Morgan fingerprint density at radius 2 is 2.00 bits per heavy atom. The second-order valence-electron chi connectivity index (χ2n) is 6.58. The lowest BCUT2D eigenvalue weighted by Crippen LogP contribution is -2.50. The first-order chi connectivity index (χ1) is 9.06. The van der Waals surface area contributed by atoms with Gasteiger partial charge in [-0.1, -0.05) is 26.7 Å². The Bertz CT molecular complexity index is 313. The molecule has 2 rings (SSSR count). The molecule has 0 aromatic rings. The Morgan fingerprint density at radius 1 is 1.25 bits per heavy atom. The van der Waals surface area contributed by atoms with Crippen LogP contribution in [0.5, 0.6) is 0 Å². The summed E-state index contributed by atoms with van der Waals surface area (Å²) in [6.45, 7) is 6.96. The molecule has 0 bridgehead atoms. The highest BCUT2D eigenvalue weighted by atomic mass is 35.5. The van der Waals surface area contributed by atoms with E-state index in [0.29, 0.717) is 18.5 Å². The number of likely N-dealkylation sites (tertiary alicyclic amines) is 1. The Morgan fingerprint density at radius 3 is 2.70 bits per heavy atom. The number of piperidine rings is 1. The van der Waals surface area contributed by atoms with Crippen LogP contribution in [0.4, 0.5) is 0 Å². The van der Waals surface area contributed by atoms with Crippen molar-refractivity contribution in [3.05, 3.63) is 0 Å². The van der Waals surface area contributed by atoms with Crippen LogP contribution in [0.1, 0.15) is 46.0 Å². The topological polar surface area (TPSA) is 58.4 Å². The molecule has 1 aliphatic heterocycles. The molecule has 1 saturated carbocycles. The number of nitrogens with two attached hydrogens (primary N) is 1. The molecule has 1 amide bonds. The van der Waals surface area contributed by atoms with Gasteiger partial charge in [0, 0.05) is 18.6 Å². The minimum atomic E-state index is 0. The van der Waals surface area contributed by atoms with Crippen molar-refractivity contribution in [2.75, 3.05) is 19.6 Å². The predicted molar refractivity (Wildman–Crippen MR) is 85.0 cm³/mol. The number of halogens is 1. The highest BCUT2D eigenvalue weighted by molar-refractivity contribution is 5.85. The first kappa shape index (κ1) is 17.7. The van der Waals surface area contributed by atoms with Gasteiger partial charge in [-0.25, -0.2) is 0 Å². The van der Waals surface area contributed by atoms with Gasteiger partial charge in [0.1, 0.15) is 0 Å². The average molecular weight is 304 g/mol. The van der Waals surface area contributed by atoms with Crippen molar-refractivity contribution in [2.45, 2.75) is 58.0 Å². The van der Waals surface area contributed by atoms with E-state index in [2.05, 4.69) is 24.1 Å². The van der Waals surface area contributed by atoms with Crippen LogP contribution in [0.25, 0.3) is 0 Å². The molecule has 2 fully saturated rings. The molecule has 5 heteroatoms. The molecule has 3 N–H and O–H groups in total. The van der Waals surface area contributed by atoms with E-state index in [-0.39, 0.29) is 24.4 Å². The van der Waals surface area contributed by atoms with E-state index in [0.717, 1.165) is 38.3 Å². The molecule has 0 radical (unpaired) electrons. The number of rotatable bonds is 3. The average Bonchev–Trinajstić information content (AvgIpc) is 2.35. The summed E-state index contributed by atoms with van der Waals surface area (Å²) in [4.78, 5) is 14.3. The second kappa shape index (κ2) is 8.20. The maximum absolute atomic E-state index is 12.1. The SMILES string of the molecule is CC1CCCC(NC(=O)CN2CCC[C@@H](N)C2)C1C.Cl. The number of nitrogens with one attached hydrogen (secondary N) is 1. The molecule has 4 nitrogen and oxygen atoms in total. The van der Waals surface area contributed by atoms with Crippen LogP contribution in [0.3, 0.4) is 0 Å². The van der Waals surface area contributed by atoms with Gasteiger partial charge in [-0.15, -0.1) is 12.4 Å². The van der Waals surface area contributed by atoms with Gasteiger partial charge in [-0.3, -0.25) is 9.69 Å². The van der Waals surface area contributed by atoms with Gasteiger partial charge in [0.15, 0.2) is 0 Å². The standard InChI is InChI=1S/C15H29N3O.ClH/c1-11-5-3-7-14(12(11)2)17-15(19)10-18-8-4-6-13(16)9-18;/h11-14H,3-10,16H2,1-2H3,(H,17,19);1H/t11?,12?,13-,14?;/m1./s1. The Hall–Kier alpha value is -0.320. The van der Waals surface area contributed by atoms with Crippen LogP contribution in [0.2, 0.25) is 0 Å². The van der Waals surface area contributed by atoms with Gasteiger partial charge >= 0.3 is 0 Å². The normalized spacial score (nSPS) is 35.1. The van der Waals surface area contributed by atoms with Crippen molar-refractivity contribution >= 4 is 18.3 Å². The molecule has 3 unspecified atom stereocenters. The van der Waals surface area contributed by atoms with E-state index in [1.807, 2.05) is 0 Å². The van der Waals surface area contributed by atoms with Crippen molar-refractivity contribution in [1.29, 1.82) is 0 Å². The lowest BCUT2D eigenvalue weighted by atomic mass is 9.78. The number of hydrogen-bond acceptors (Lipinski definition) is 3. The molecular weight excluding hydrogens is 274 g/mol. The number of carbonyl (C=O) groups excluding carboxylic acids is 1. The zero-order valence-electron chi connectivity index (χ0n) is 12.8. The van der Waals surface area contributed by atoms with E-state index >= 15 is 0 Å². The first-order valence-electron chi connectivity index (χ1n) is 7.83. The van der Waals surface area contributed by atoms with E-state index in [1.54, 1.807) is 0 Å². The number of nitrogens with zero attached hydrogens (tertiary/aromatic N) is 1. The number of carbonyl (C=O) groups is 1. The summed E-state index contributed by atoms with van der Waals surface area (Å²) in [5.74, 6) is 1.50. The van der Waals surface area contributed by atoms with Crippen molar-refractivity contribution in [3.8, 4) is 0 Å². The number of amides is 1. The molecular formula is C15H30ClN3O. The molecule has 1 heterocycles. The summed E-state index contributed by atoms with van der Waals surface area (Å²) in [5, 5.41) is 3.24. The zero-order valence-corrected chi connectivity index (χ0v) is 13.6. The van der Waals surface area contributed by atoms with Crippen LogP contribution in [0.15, 0.2) is 0 Å². The van der Waals surface area contributed by atoms with Gasteiger partial charge in [0.25, 0.3) is 0 Å². The maximum Gasteiger partial charge on any atom is 0.234 e. The Kier molecular flexibility index (Phi) is 7.27. The highest BCUT2D eigenvalue weighted by Crippen LogP contribution is 2.29. The zero-order chi connectivity index (χ0) is 13.8. The van der Waals surface area contributed by atoms with Gasteiger partial charge in [-0.05, 0) is 37.6 Å². The van der Waals surface area contributed by atoms with Gasteiger partial charge in [0.05, 0.1) is 6.54 Å². The van der Waals surface area contributed by atoms with Crippen LogP contribution in [0, 0.1) is 11.8 Å². The summed E-state index contributed by atoms with van der Waals surface area (Å²) in [6.07, 6.45) is 5.89. The Labute approximate surface area is 129 Å². The third kappa shape index (κ3) is 4.90.